The summed E-state index contributed by atoms with van der Waals surface area (Å²) in [6.45, 7) is 2.26. The number of aromatic nitrogens is 3. The standard InChI is InChI=1S/C12H16N4O/c1-2-10(14-6-1)12-15-11(17-16-12)4-3-9-5-7-13-8-9/h1-2,6,9,13-14H,3-5,7-8H2. The number of H-pyrrole nitrogens is 1. The molecule has 0 aliphatic carbocycles. The van der Waals surface area contributed by atoms with Crippen molar-refractivity contribution in [2.24, 2.45) is 5.92 Å². The van der Waals surface area contributed by atoms with Gasteiger partial charge in [-0.3, -0.25) is 0 Å². The molecule has 90 valence electrons. The van der Waals surface area contributed by atoms with Crippen LogP contribution in [0.1, 0.15) is 18.7 Å². The van der Waals surface area contributed by atoms with Gasteiger partial charge in [0, 0.05) is 12.6 Å². The molecule has 1 fully saturated rings. The van der Waals surface area contributed by atoms with E-state index in [-0.39, 0.29) is 0 Å². The van der Waals surface area contributed by atoms with Crippen molar-refractivity contribution < 1.29 is 4.52 Å². The Bertz CT molecular complexity index is 457. The van der Waals surface area contributed by atoms with E-state index in [2.05, 4.69) is 20.4 Å². The predicted octanol–water partition coefficient (Wildman–Crippen LogP) is 1.61. The molecule has 1 aliphatic rings. The van der Waals surface area contributed by atoms with Crippen LogP contribution < -0.4 is 5.32 Å². The Hall–Kier alpha value is -1.62. The van der Waals surface area contributed by atoms with Gasteiger partial charge < -0.3 is 14.8 Å². The first-order chi connectivity index (χ1) is 8.42. The summed E-state index contributed by atoms with van der Waals surface area (Å²) in [6.07, 6.45) is 5.12. The molecule has 1 atom stereocenters. The summed E-state index contributed by atoms with van der Waals surface area (Å²) in [4.78, 5) is 7.45. The van der Waals surface area contributed by atoms with Crippen molar-refractivity contribution in [1.82, 2.24) is 20.4 Å². The van der Waals surface area contributed by atoms with Gasteiger partial charge in [0.25, 0.3) is 0 Å². The maximum absolute atomic E-state index is 5.25. The van der Waals surface area contributed by atoms with Crippen LogP contribution >= 0.6 is 0 Å². The highest BCUT2D eigenvalue weighted by atomic mass is 16.5. The first-order valence-corrected chi connectivity index (χ1v) is 6.09. The Morgan fingerprint density at radius 3 is 3.24 bits per heavy atom. The first kappa shape index (κ1) is 10.5. The second-order valence-electron chi connectivity index (χ2n) is 4.49. The van der Waals surface area contributed by atoms with Crippen LogP contribution in [0.4, 0.5) is 0 Å². The topological polar surface area (TPSA) is 66.7 Å². The molecule has 17 heavy (non-hydrogen) atoms. The van der Waals surface area contributed by atoms with Crippen molar-refractivity contribution in [3.05, 3.63) is 24.2 Å². The molecule has 3 heterocycles. The van der Waals surface area contributed by atoms with E-state index in [9.17, 15) is 0 Å². The zero-order valence-corrected chi connectivity index (χ0v) is 9.65. The van der Waals surface area contributed by atoms with Crippen molar-refractivity contribution in [3.63, 3.8) is 0 Å². The summed E-state index contributed by atoms with van der Waals surface area (Å²) in [5, 5.41) is 7.34. The van der Waals surface area contributed by atoms with Gasteiger partial charge in [-0.05, 0) is 44.0 Å². The zero-order chi connectivity index (χ0) is 11.5. The van der Waals surface area contributed by atoms with E-state index in [1.54, 1.807) is 0 Å². The molecule has 1 unspecified atom stereocenters. The highest BCUT2D eigenvalue weighted by Crippen LogP contribution is 2.17. The van der Waals surface area contributed by atoms with Crippen molar-refractivity contribution in [2.75, 3.05) is 13.1 Å². The van der Waals surface area contributed by atoms with Crippen LogP contribution in [0, 0.1) is 5.92 Å². The van der Waals surface area contributed by atoms with Crippen LogP contribution in [0.15, 0.2) is 22.9 Å². The summed E-state index contributed by atoms with van der Waals surface area (Å²) < 4.78 is 5.25. The summed E-state index contributed by atoms with van der Waals surface area (Å²) in [6, 6.07) is 3.87. The van der Waals surface area contributed by atoms with E-state index in [4.69, 9.17) is 4.52 Å². The SMILES string of the molecule is c1c[nH]c(-c2noc(CCC3CCNC3)n2)c1. The number of rotatable bonds is 4. The molecule has 2 aromatic heterocycles. The lowest BCUT2D eigenvalue weighted by atomic mass is 10.0. The molecule has 2 N–H and O–H groups in total. The molecule has 3 rings (SSSR count). The number of hydrogen-bond donors (Lipinski definition) is 2. The molecular formula is C12H16N4O. The van der Waals surface area contributed by atoms with Gasteiger partial charge in [-0.25, -0.2) is 0 Å². The first-order valence-electron chi connectivity index (χ1n) is 6.09. The molecular weight excluding hydrogens is 216 g/mol. The number of aromatic amines is 1. The van der Waals surface area contributed by atoms with E-state index in [0.717, 1.165) is 43.4 Å². The summed E-state index contributed by atoms with van der Waals surface area (Å²) in [5.41, 5.74) is 0.905. The third-order valence-electron chi connectivity index (χ3n) is 3.24. The van der Waals surface area contributed by atoms with Gasteiger partial charge >= 0.3 is 0 Å². The monoisotopic (exact) mass is 232 g/mol. The third kappa shape index (κ3) is 2.39. The fourth-order valence-electron chi connectivity index (χ4n) is 2.22. The highest BCUT2D eigenvalue weighted by Gasteiger charge is 2.16. The van der Waals surface area contributed by atoms with Gasteiger partial charge in [-0.2, -0.15) is 4.98 Å². The normalized spacial score (nSPS) is 19.9. The molecule has 0 amide bonds. The summed E-state index contributed by atoms with van der Waals surface area (Å²) in [5.74, 6) is 2.15. The number of aryl methyl sites for hydroxylation is 1. The molecule has 1 aliphatic heterocycles. The molecule has 0 saturated carbocycles. The minimum atomic E-state index is 0.648. The Kier molecular flexibility index (Phi) is 2.92. The van der Waals surface area contributed by atoms with E-state index < -0.39 is 0 Å². The van der Waals surface area contributed by atoms with Crippen molar-refractivity contribution in [3.8, 4) is 11.5 Å². The smallest absolute Gasteiger partial charge is 0.227 e. The van der Waals surface area contributed by atoms with Crippen LogP contribution in [0.5, 0.6) is 0 Å². The largest absolute Gasteiger partial charge is 0.359 e. The lowest BCUT2D eigenvalue weighted by molar-refractivity contribution is 0.365. The highest BCUT2D eigenvalue weighted by molar-refractivity contribution is 5.47. The average molecular weight is 232 g/mol. The van der Waals surface area contributed by atoms with Gasteiger partial charge in [0.1, 0.15) is 0 Å². The van der Waals surface area contributed by atoms with E-state index in [0.29, 0.717) is 5.82 Å². The number of nitrogens with zero attached hydrogens (tertiary/aromatic N) is 2. The number of hydrogen-bond acceptors (Lipinski definition) is 4. The van der Waals surface area contributed by atoms with Gasteiger partial charge in [-0.1, -0.05) is 5.16 Å². The molecule has 5 heteroatoms. The molecule has 0 bridgehead atoms. The molecule has 5 nitrogen and oxygen atoms in total. The molecule has 0 aromatic carbocycles. The lowest BCUT2D eigenvalue weighted by Crippen LogP contribution is -2.09. The Morgan fingerprint density at radius 1 is 1.47 bits per heavy atom. The van der Waals surface area contributed by atoms with Gasteiger partial charge in [0.05, 0.1) is 5.69 Å². The second kappa shape index (κ2) is 4.71. The van der Waals surface area contributed by atoms with Crippen molar-refractivity contribution >= 4 is 0 Å². The van der Waals surface area contributed by atoms with Crippen LogP contribution in [-0.2, 0) is 6.42 Å². The number of nitrogens with one attached hydrogen (secondary N) is 2. The average Bonchev–Trinajstić information content (AvgIpc) is 3.09. The molecule has 2 aromatic rings. The minimum Gasteiger partial charge on any atom is -0.359 e. The quantitative estimate of drug-likeness (QED) is 0.840. The maximum atomic E-state index is 5.25. The Balaban J connectivity index is 1.60. The van der Waals surface area contributed by atoms with Gasteiger partial charge in [0.15, 0.2) is 0 Å². The van der Waals surface area contributed by atoms with Crippen molar-refractivity contribution in [2.45, 2.75) is 19.3 Å². The van der Waals surface area contributed by atoms with E-state index in [1.807, 2.05) is 18.3 Å². The van der Waals surface area contributed by atoms with E-state index in [1.165, 1.54) is 6.42 Å². The van der Waals surface area contributed by atoms with E-state index >= 15 is 0 Å². The lowest BCUT2D eigenvalue weighted by Gasteiger charge is -2.03. The third-order valence-corrected chi connectivity index (χ3v) is 3.24. The van der Waals surface area contributed by atoms with Crippen LogP contribution in [0.2, 0.25) is 0 Å². The second-order valence-corrected chi connectivity index (χ2v) is 4.49. The van der Waals surface area contributed by atoms with Crippen LogP contribution in [-0.4, -0.2) is 28.2 Å². The predicted molar refractivity (Wildman–Crippen MR) is 63.4 cm³/mol. The zero-order valence-electron chi connectivity index (χ0n) is 9.65. The minimum absolute atomic E-state index is 0.648. The Labute approximate surface area is 99.6 Å². The van der Waals surface area contributed by atoms with Gasteiger partial charge in [-0.15, -0.1) is 0 Å². The molecule has 1 saturated heterocycles. The van der Waals surface area contributed by atoms with Crippen LogP contribution in [0.3, 0.4) is 0 Å². The fourth-order valence-corrected chi connectivity index (χ4v) is 2.22. The molecule has 0 spiro atoms. The van der Waals surface area contributed by atoms with Crippen molar-refractivity contribution in [1.29, 1.82) is 0 Å². The summed E-state index contributed by atoms with van der Waals surface area (Å²) >= 11 is 0. The fraction of sp³-hybridized carbons (Fsp3) is 0.500. The van der Waals surface area contributed by atoms with Crippen LogP contribution in [0.25, 0.3) is 11.5 Å². The Morgan fingerprint density at radius 2 is 2.47 bits per heavy atom. The summed E-state index contributed by atoms with van der Waals surface area (Å²) in [7, 11) is 0. The molecule has 0 radical (unpaired) electrons. The van der Waals surface area contributed by atoms with Gasteiger partial charge in [0.2, 0.25) is 11.7 Å². The maximum Gasteiger partial charge on any atom is 0.227 e.